The average molecular weight is 625 g/mol. The van der Waals surface area contributed by atoms with E-state index in [9.17, 15) is 14.8 Å². The van der Waals surface area contributed by atoms with Crippen molar-refractivity contribution < 1.29 is 32.9 Å². The molecule has 4 aromatic heterocycles. The molecule has 42 heavy (non-hydrogen) atoms. The van der Waals surface area contributed by atoms with E-state index in [0.717, 1.165) is 10.9 Å². The maximum Gasteiger partial charge on any atom is 0.327 e. The van der Waals surface area contributed by atoms with Gasteiger partial charge in [-0.05, 0) is 24.1 Å². The van der Waals surface area contributed by atoms with Gasteiger partial charge in [0.1, 0.15) is 29.2 Å². The molecule has 0 radical (unpaired) electrons. The summed E-state index contributed by atoms with van der Waals surface area (Å²) in [5, 5.41) is 10.6. The number of fused-ring (bicyclic) bond motifs is 3. The summed E-state index contributed by atoms with van der Waals surface area (Å²) in [6.07, 6.45) is -1.18. The van der Waals surface area contributed by atoms with Crippen LogP contribution in [-0.2, 0) is 30.3 Å². The van der Waals surface area contributed by atoms with Crippen molar-refractivity contribution >= 4 is 52.6 Å². The zero-order valence-electron chi connectivity index (χ0n) is 22.1. The molecular weight excluding hydrogens is 598 g/mol. The fourth-order valence-electron chi connectivity index (χ4n) is 6.32. The van der Waals surface area contributed by atoms with Gasteiger partial charge in [0, 0.05) is 0 Å². The summed E-state index contributed by atoms with van der Waals surface area (Å²) in [6, 6.07) is 0. The van der Waals surface area contributed by atoms with Gasteiger partial charge in [0.15, 0.2) is 35.1 Å². The topological polar surface area (TPSA) is 237 Å². The summed E-state index contributed by atoms with van der Waals surface area (Å²) in [7, 11) is 0. The van der Waals surface area contributed by atoms with Gasteiger partial charge < -0.3 is 35.5 Å². The second-order valence-electron chi connectivity index (χ2n) is 10.9. The molecule has 0 spiro atoms. The van der Waals surface area contributed by atoms with Gasteiger partial charge in [0.2, 0.25) is 5.95 Å². The first-order valence-corrected chi connectivity index (χ1v) is 15.5. The summed E-state index contributed by atoms with van der Waals surface area (Å²) < 4.78 is 41.2. The Balaban J connectivity index is 1.09. The molecule has 8 atom stereocenters. The maximum atomic E-state index is 15.1. The Kier molecular flexibility index (Phi) is 6.04. The predicted octanol–water partition coefficient (Wildman–Crippen LogP) is 0.242. The molecule has 4 aromatic rings. The van der Waals surface area contributed by atoms with E-state index in [0.29, 0.717) is 17.6 Å². The highest BCUT2D eigenvalue weighted by molar-refractivity contribution is 8.07. The molecule has 0 bridgehead atoms. The third-order valence-corrected chi connectivity index (χ3v) is 9.44. The summed E-state index contributed by atoms with van der Waals surface area (Å²) >= 11 is 5.08. The Morgan fingerprint density at radius 3 is 2.71 bits per heavy atom. The number of H-pyrrole nitrogens is 1. The first-order valence-electron chi connectivity index (χ1n) is 12.9. The summed E-state index contributed by atoms with van der Waals surface area (Å²) in [4.78, 5) is 45.3. The lowest BCUT2D eigenvalue weighted by Crippen LogP contribution is -2.51. The number of anilines is 2. The highest BCUT2D eigenvalue weighted by Crippen LogP contribution is 2.79. The van der Waals surface area contributed by atoms with Gasteiger partial charge >= 0.3 is 6.72 Å². The molecule has 0 aromatic carbocycles. The van der Waals surface area contributed by atoms with Gasteiger partial charge in [-0.2, -0.15) is 4.98 Å². The Morgan fingerprint density at radius 2 is 1.95 bits per heavy atom. The SMILES string of the molecule is CC(C)CC12O[C@H]3[C@H](n4cnc5c(N)ncnc54)O[C@]1(COP(O)(=S)O[C@H](F)[C@@H](O)n1cnc4c(=O)[nH]c(N)nc41)[C@H]32. The molecule has 17 nitrogen and oxygen atoms in total. The number of aliphatic hydroxyl groups excluding tert-OH is 1. The Bertz CT molecular complexity index is 1840. The van der Waals surface area contributed by atoms with E-state index in [1.54, 1.807) is 4.57 Å². The smallest absolute Gasteiger partial charge is 0.327 e. The second kappa shape index (κ2) is 9.17. The number of nitrogens with two attached hydrogens (primary N) is 2. The normalized spacial score (nSPS) is 30.8. The van der Waals surface area contributed by atoms with Crippen LogP contribution in [-0.4, -0.2) is 79.3 Å². The lowest BCUT2D eigenvalue weighted by Gasteiger charge is -2.43. The highest BCUT2D eigenvalue weighted by atomic mass is 32.5. The highest BCUT2D eigenvalue weighted by Gasteiger charge is 2.94. The number of alkyl halides is 1. The van der Waals surface area contributed by atoms with Crippen molar-refractivity contribution in [3.05, 3.63) is 29.3 Å². The molecule has 0 amide bonds. The number of nitrogens with zero attached hydrogens (tertiary/aromatic N) is 7. The molecule has 6 heterocycles. The van der Waals surface area contributed by atoms with E-state index in [4.69, 9.17) is 41.8 Å². The zero-order chi connectivity index (χ0) is 29.8. The number of imidazole rings is 2. The standard InChI is InChI=1S/C22H26FN10O7PS/c1-8(2)3-21-12-11(38-21)19(33-7-28-9-14(24)26-5-27-15(9)33)39-22(12,21)4-37-41(36,42)40-13(23)18(35)32-6-29-10-16(32)30-20(25)31-17(10)34/h5-8,11-13,18-19,35H,3-4H2,1-2H3,(H,36,42)(H2,24,26,27)(H3,25,30,31,34)/t11-,12-,13+,18-,19-,21?,22-,41?/m1/s1. The summed E-state index contributed by atoms with van der Waals surface area (Å²) in [5.74, 6) is 0.0926. The Labute approximate surface area is 240 Å². The minimum atomic E-state index is -4.29. The van der Waals surface area contributed by atoms with Crippen molar-refractivity contribution in [1.82, 2.24) is 39.0 Å². The fraction of sp³-hybridized carbons (Fsp3) is 0.545. The van der Waals surface area contributed by atoms with Crippen LogP contribution < -0.4 is 17.0 Å². The molecule has 1 saturated carbocycles. The summed E-state index contributed by atoms with van der Waals surface area (Å²) in [6.45, 7) is -0.473. The van der Waals surface area contributed by atoms with Crippen LogP contribution in [0.2, 0.25) is 0 Å². The summed E-state index contributed by atoms with van der Waals surface area (Å²) in [5.41, 5.74) is 9.62. The van der Waals surface area contributed by atoms with Crippen LogP contribution in [0.5, 0.6) is 0 Å². The van der Waals surface area contributed by atoms with Crippen molar-refractivity contribution in [3.63, 3.8) is 0 Å². The van der Waals surface area contributed by atoms with Crippen LogP contribution >= 0.6 is 6.72 Å². The van der Waals surface area contributed by atoms with E-state index in [-0.39, 0.29) is 47.5 Å². The lowest BCUT2D eigenvalue weighted by atomic mass is 9.94. The van der Waals surface area contributed by atoms with Crippen LogP contribution in [0.1, 0.15) is 32.7 Å². The van der Waals surface area contributed by atoms with Crippen molar-refractivity contribution in [2.24, 2.45) is 11.8 Å². The lowest BCUT2D eigenvalue weighted by molar-refractivity contribution is -0.262. The number of hydrogen-bond donors (Lipinski definition) is 5. The van der Waals surface area contributed by atoms with E-state index in [1.807, 2.05) is 13.8 Å². The number of ether oxygens (including phenoxy) is 2. The maximum absolute atomic E-state index is 15.1. The molecule has 7 rings (SSSR count). The molecule has 224 valence electrons. The number of aromatic amines is 1. The molecule has 1 aliphatic carbocycles. The fourth-order valence-corrected chi connectivity index (χ4v) is 7.50. The van der Waals surface area contributed by atoms with Gasteiger partial charge in [-0.3, -0.25) is 23.4 Å². The molecule has 3 aliphatic rings. The van der Waals surface area contributed by atoms with Gasteiger partial charge in [-0.15, -0.1) is 0 Å². The molecule has 7 N–H and O–H groups in total. The second-order valence-corrected chi connectivity index (χ2v) is 13.7. The van der Waals surface area contributed by atoms with Gasteiger partial charge in [-0.25, -0.2) is 24.3 Å². The van der Waals surface area contributed by atoms with Crippen LogP contribution in [0.15, 0.2) is 23.8 Å². The molecule has 2 aliphatic heterocycles. The van der Waals surface area contributed by atoms with E-state index >= 15 is 4.39 Å². The minimum absolute atomic E-state index is 0.109. The monoisotopic (exact) mass is 624 g/mol. The number of nitrogen functional groups attached to an aromatic ring is 2. The predicted molar refractivity (Wildman–Crippen MR) is 145 cm³/mol. The van der Waals surface area contributed by atoms with Crippen molar-refractivity contribution in [3.8, 4) is 0 Å². The van der Waals surface area contributed by atoms with Crippen LogP contribution in [0, 0.1) is 11.8 Å². The van der Waals surface area contributed by atoms with Crippen LogP contribution in [0.4, 0.5) is 16.2 Å². The van der Waals surface area contributed by atoms with Gasteiger partial charge in [-0.1, -0.05) is 13.8 Å². The van der Waals surface area contributed by atoms with Crippen LogP contribution in [0.25, 0.3) is 22.3 Å². The third kappa shape index (κ3) is 3.85. The average Bonchev–Trinajstić information content (AvgIpc) is 3.42. The molecule has 2 unspecified atom stereocenters. The quantitative estimate of drug-likeness (QED) is 0.149. The molecule has 2 saturated heterocycles. The zero-order valence-corrected chi connectivity index (χ0v) is 23.8. The number of aromatic nitrogens is 8. The van der Waals surface area contributed by atoms with Crippen molar-refractivity contribution in [2.45, 2.75) is 56.4 Å². The van der Waals surface area contributed by atoms with E-state index < -0.39 is 42.3 Å². The molecule has 20 heteroatoms. The Morgan fingerprint density at radius 1 is 1.19 bits per heavy atom. The molecule has 3 fully saturated rings. The van der Waals surface area contributed by atoms with Gasteiger partial charge in [0.05, 0.1) is 25.2 Å². The number of aliphatic hydroxyl groups is 1. The van der Waals surface area contributed by atoms with Gasteiger partial charge in [0.25, 0.3) is 11.9 Å². The number of halogens is 1. The first kappa shape index (κ1) is 27.7. The first-order chi connectivity index (χ1) is 19.9. The van der Waals surface area contributed by atoms with Crippen molar-refractivity contribution in [2.75, 3.05) is 18.1 Å². The number of rotatable bonds is 10. The molecular formula is C22H26FN10O7PS. The minimum Gasteiger partial charge on any atom is -0.382 e. The van der Waals surface area contributed by atoms with E-state index in [1.165, 1.54) is 12.7 Å². The van der Waals surface area contributed by atoms with Crippen LogP contribution in [0.3, 0.4) is 0 Å². The largest absolute Gasteiger partial charge is 0.382 e. The number of nitrogens with one attached hydrogen (secondary N) is 1. The third-order valence-electron chi connectivity index (χ3n) is 7.94. The van der Waals surface area contributed by atoms with Crippen molar-refractivity contribution in [1.29, 1.82) is 0 Å². The van der Waals surface area contributed by atoms with E-state index in [2.05, 4.69) is 29.9 Å². The Hall–Kier alpha value is -3.16. The number of hydrogen-bond acceptors (Lipinski definition) is 14.